The maximum atomic E-state index is 13.1. The van der Waals surface area contributed by atoms with E-state index in [1.165, 1.54) is 0 Å². The van der Waals surface area contributed by atoms with Gasteiger partial charge in [0.25, 0.3) is 0 Å². The first-order valence-electron chi connectivity index (χ1n) is 15.1. The number of amides is 3. The molecule has 2 fully saturated rings. The largest absolute Gasteiger partial charge is 0.481 e. The second kappa shape index (κ2) is 11.5. The van der Waals surface area contributed by atoms with Crippen molar-refractivity contribution in [1.82, 2.24) is 25.2 Å². The Morgan fingerprint density at radius 2 is 1.89 bits per heavy atom. The molecule has 230 valence electrons. The van der Waals surface area contributed by atoms with Gasteiger partial charge in [0.2, 0.25) is 17.7 Å². The van der Waals surface area contributed by atoms with E-state index in [1.807, 2.05) is 43.0 Å². The van der Waals surface area contributed by atoms with Crippen LogP contribution in [0.4, 0.5) is 27.8 Å². The number of anilines is 4. The molecule has 3 amide bonds. The number of carbonyl (C=O) groups excluding carboxylic acids is 2. The molecular weight excluding hydrogens is 564 g/mol. The highest BCUT2D eigenvalue weighted by atomic mass is 16.5. The Balaban J connectivity index is 1.08. The number of rotatable bonds is 6. The number of carbonyl (C=O) groups is 2. The van der Waals surface area contributed by atoms with Crippen LogP contribution in [0.5, 0.6) is 11.6 Å². The van der Waals surface area contributed by atoms with Crippen molar-refractivity contribution in [1.29, 1.82) is 0 Å². The van der Waals surface area contributed by atoms with E-state index in [2.05, 4.69) is 25.5 Å². The van der Waals surface area contributed by atoms with E-state index in [9.17, 15) is 9.59 Å². The van der Waals surface area contributed by atoms with Crippen LogP contribution in [0.1, 0.15) is 32.4 Å². The smallest absolute Gasteiger partial charge is 0.322 e. The Labute approximate surface area is 255 Å². The number of hydrogen-bond acceptors (Lipinski definition) is 10. The lowest BCUT2D eigenvalue weighted by Gasteiger charge is -2.34. The van der Waals surface area contributed by atoms with Gasteiger partial charge in [0.05, 0.1) is 37.3 Å². The zero-order chi connectivity index (χ0) is 30.3. The third kappa shape index (κ3) is 5.48. The van der Waals surface area contributed by atoms with Crippen LogP contribution in [0.25, 0.3) is 11.1 Å². The molecule has 44 heavy (non-hydrogen) atoms. The summed E-state index contributed by atoms with van der Waals surface area (Å²) in [5.74, 6) is 1.61. The summed E-state index contributed by atoms with van der Waals surface area (Å²) < 4.78 is 17.6. The van der Waals surface area contributed by atoms with Crippen LogP contribution < -0.4 is 29.9 Å². The van der Waals surface area contributed by atoms with Gasteiger partial charge in [0.15, 0.2) is 0 Å². The van der Waals surface area contributed by atoms with Crippen LogP contribution in [0, 0.1) is 0 Å². The van der Waals surface area contributed by atoms with Crippen molar-refractivity contribution in [3.8, 4) is 22.8 Å². The topological polar surface area (TPSA) is 134 Å². The summed E-state index contributed by atoms with van der Waals surface area (Å²) in [5.41, 5.74) is 3.79. The normalized spacial score (nSPS) is 18.9. The standard InChI is InChI=1S/C31H36N8O5/c1-31(2)27-23(22-6-5-21(17-25(22)44-31)38-8-3-4-26(38)40)19-34-29(36-27)35-20-16-24-28(33-18-20)43-15-12-39(24)30(41)32-7-9-37-10-13-42-14-11-37/h5-6,16-19H,3-4,7-15H2,1-2H3,(H,32,41)(H,34,35,36). The lowest BCUT2D eigenvalue weighted by atomic mass is 9.91. The molecule has 13 nitrogen and oxygen atoms in total. The van der Waals surface area contributed by atoms with Gasteiger partial charge in [-0.15, -0.1) is 0 Å². The molecule has 0 saturated carbocycles. The maximum absolute atomic E-state index is 13.1. The van der Waals surface area contributed by atoms with Gasteiger partial charge in [0.1, 0.15) is 23.6 Å². The summed E-state index contributed by atoms with van der Waals surface area (Å²) in [5, 5.41) is 6.27. The molecule has 4 aliphatic heterocycles. The summed E-state index contributed by atoms with van der Waals surface area (Å²) in [6, 6.07) is 7.48. The number of nitrogens with one attached hydrogen (secondary N) is 2. The molecule has 4 aliphatic rings. The van der Waals surface area contributed by atoms with Crippen LogP contribution >= 0.6 is 0 Å². The molecule has 6 heterocycles. The molecule has 1 aromatic carbocycles. The van der Waals surface area contributed by atoms with E-state index >= 15 is 0 Å². The minimum atomic E-state index is -0.743. The minimum absolute atomic E-state index is 0.134. The lowest BCUT2D eigenvalue weighted by Crippen LogP contribution is -2.47. The van der Waals surface area contributed by atoms with Crippen molar-refractivity contribution in [2.75, 3.05) is 74.2 Å². The number of nitrogens with zero attached hydrogens (tertiary/aromatic N) is 6. The molecule has 0 aliphatic carbocycles. The number of morpholine rings is 1. The fraction of sp³-hybridized carbons (Fsp3) is 0.452. The molecule has 2 aromatic heterocycles. The van der Waals surface area contributed by atoms with Gasteiger partial charge in [-0.1, -0.05) is 0 Å². The highest BCUT2D eigenvalue weighted by Crippen LogP contribution is 2.46. The lowest BCUT2D eigenvalue weighted by molar-refractivity contribution is -0.117. The maximum Gasteiger partial charge on any atom is 0.322 e. The van der Waals surface area contributed by atoms with Crippen molar-refractivity contribution in [3.63, 3.8) is 0 Å². The molecule has 0 bridgehead atoms. The molecule has 2 saturated heterocycles. The van der Waals surface area contributed by atoms with Gasteiger partial charge in [0, 0.05) is 68.2 Å². The minimum Gasteiger partial charge on any atom is -0.481 e. The van der Waals surface area contributed by atoms with Crippen LogP contribution in [0.2, 0.25) is 0 Å². The Morgan fingerprint density at radius 3 is 2.70 bits per heavy atom. The summed E-state index contributed by atoms with van der Waals surface area (Å²) in [6.07, 6.45) is 4.86. The average Bonchev–Trinajstić information content (AvgIpc) is 3.46. The van der Waals surface area contributed by atoms with Gasteiger partial charge in [-0.2, -0.15) is 0 Å². The Morgan fingerprint density at radius 1 is 1.02 bits per heavy atom. The van der Waals surface area contributed by atoms with Crippen molar-refractivity contribution in [2.45, 2.75) is 32.3 Å². The first kappa shape index (κ1) is 28.3. The predicted octanol–water partition coefficient (Wildman–Crippen LogP) is 3.28. The fourth-order valence-electron chi connectivity index (χ4n) is 6.08. The Bertz CT molecular complexity index is 1590. The summed E-state index contributed by atoms with van der Waals surface area (Å²) in [7, 11) is 0. The summed E-state index contributed by atoms with van der Waals surface area (Å²) >= 11 is 0. The Kier molecular flexibility index (Phi) is 7.42. The fourth-order valence-corrected chi connectivity index (χ4v) is 6.08. The summed E-state index contributed by atoms with van der Waals surface area (Å²) in [4.78, 5) is 45.1. The molecule has 3 aromatic rings. The quantitative estimate of drug-likeness (QED) is 0.434. The van der Waals surface area contributed by atoms with Crippen LogP contribution in [0.3, 0.4) is 0 Å². The van der Waals surface area contributed by atoms with Crippen LogP contribution in [-0.2, 0) is 15.1 Å². The third-order valence-corrected chi connectivity index (χ3v) is 8.35. The van der Waals surface area contributed by atoms with Crippen molar-refractivity contribution in [3.05, 3.63) is 42.4 Å². The van der Waals surface area contributed by atoms with E-state index in [4.69, 9.17) is 19.2 Å². The van der Waals surface area contributed by atoms with Crippen molar-refractivity contribution >= 4 is 34.9 Å². The SMILES string of the molecule is CC1(C)Oc2cc(N3CCCC3=O)ccc2-c2cnc(Nc3cnc4c(c3)N(C(=O)NCCN3CCOCC3)CCO4)nc21. The first-order valence-corrected chi connectivity index (χ1v) is 15.1. The molecule has 2 N–H and O–H groups in total. The van der Waals surface area contributed by atoms with E-state index in [0.717, 1.165) is 68.3 Å². The van der Waals surface area contributed by atoms with E-state index in [1.54, 1.807) is 17.3 Å². The van der Waals surface area contributed by atoms with Gasteiger partial charge in [-0.25, -0.2) is 19.7 Å². The summed E-state index contributed by atoms with van der Waals surface area (Å²) in [6.45, 7) is 9.93. The van der Waals surface area contributed by atoms with Crippen LogP contribution in [0.15, 0.2) is 36.7 Å². The molecule has 0 atom stereocenters. The molecular formula is C31H36N8O5. The molecule has 0 radical (unpaired) electrons. The van der Waals surface area contributed by atoms with Gasteiger partial charge in [-0.05, 0) is 38.5 Å². The molecule has 13 heteroatoms. The molecule has 0 spiro atoms. The van der Waals surface area contributed by atoms with Gasteiger partial charge in [-0.3, -0.25) is 14.6 Å². The van der Waals surface area contributed by atoms with Crippen LogP contribution in [-0.4, -0.2) is 90.9 Å². The second-order valence-electron chi connectivity index (χ2n) is 11.8. The number of urea groups is 1. The molecule has 7 rings (SSSR count). The first-order chi connectivity index (χ1) is 21.4. The number of aromatic nitrogens is 3. The van der Waals surface area contributed by atoms with Gasteiger partial charge < -0.3 is 29.7 Å². The number of hydrogen-bond donors (Lipinski definition) is 2. The molecule has 0 unspecified atom stereocenters. The zero-order valence-electron chi connectivity index (χ0n) is 25.0. The highest BCUT2D eigenvalue weighted by molar-refractivity contribution is 5.96. The predicted molar refractivity (Wildman–Crippen MR) is 164 cm³/mol. The number of benzene rings is 1. The van der Waals surface area contributed by atoms with E-state index < -0.39 is 5.60 Å². The number of fused-ring (bicyclic) bond motifs is 4. The number of ether oxygens (including phenoxy) is 3. The zero-order valence-corrected chi connectivity index (χ0v) is 25.0. The second-order valence-corrected chi connectivity index (χ2v) is 11.8. The number of pyridine rings is 1. The van der Waals surface area contributed by atoms with Crippen molar-refractivity contribution < 1.29 is 23.8 Å². The van der Waals surface area contributed by atoms with Gasteiger partial charge >= 0.3 is 6.03 Å². The Hall–Kier alpha value is -4.49. The highest BCUT2D eigenvalue weighted by Gasteiger charge is 2.36. The third-order valence-electron chi connectivity index (χ3n) is 8.35. The van der Waals surface area contributed by atoms with Crippen molar-refractivity contribution in [2.24, 2.45) is 0 Å². The average molecular weight is 601 g/mol. The monoisotopic (exact) mass is 600 g/mol. The van der Waals surface area contributed by atoms with E-state index in [-0.39, 0.29) is 11.9 Å². The van der Waals surface area contributed by atoms with E-state index in [0.29, 0.717) is 55.1 Å².